The molecule has 0 aromatic carbocycles. The number of hydrogen-bond donors (Lipinski definition) is 1. The number of aliphatic imine (C=N–C) groups is 1. The number of ether oxygens (including phenoxy) is 1. The molecule has 0 radical (unpaired) electrons. The van der Waals surface area contributed by atoms with Crippen LogP contribution in [0.1, 0.15) is 39.5 Å². The number of amides is 1. The van der Waals surface area contributed by atoms with E-state index in [9.17, 15) is 4.79 Å². The largest absolute Gasteiger partial charge is 0.379 e. The van der Waals surface area contributed by atoms with Crippen molar-refractivity contribution in [2.24, 2.45) is 10.4 Å². The Labute approximate surface area is 165 Å². The third-order valence-corrected chi connectivity index (χ3v) is 5.61. The molecule has 1 N–H and O–H groups in total. The number of likely N-dealkylation sites (N-methyl/N-ethyl adjacent to an activating group) is 1. The van der Waals surface area contributed by atoms with E-state index in [-0.39, 0.29) is 12.5 Å². The van der Waals surface area contributed by atoms with Gasteiger partial charge in [-0.05, 0) is 24.7 Å². The van der Waals surface area contributed by atoms with E-state index in [0.717, 1.165) is 58.4 Å². The molecule has 1 unspecified atom stereocenters. The number of carbonyl (C=O) groups excluding carboxylic acids is 1. The summed E-state index contributed by atoms with van der Waals surface area (Å²) < 4.78 is 5.42. The zero-order valence-corrected chi connectivity index (χ0v) is 17.8. The lowest BCUT2D eigenvalue weighted by Crippen LogP contribution is -2.51. The van der Waals surface area contributed by atoms with Crippen LogP contribution in [-0.4, -0.2) is 99.7 Å². The number of likely N-dealkylation sites (tertiary alicyclic amines) is 1. The van der Waals surface area contributed by atoms with E-state index in [4.69, 9.17) is 4.74 Å². The van der Waals surface area contributed by atoms with Crippen LogP contribution in [0, 0.1) is 5.41 Å². The van der Waals surface area contributed by atoms with Crippen molar-refractivity contribution in [1.82, 2.24) is 20.0 Å². The molecule has 0 aromatic rings. The molecule has 156 valence electrons. The first kappa shape index (κ1) is 22.0. The van der Waals surface area contributed by atoms with Gasteiger partial charge in [0.15, 0.2) is 5.96 Å². The molecule has 7 heteroatoms. The highest BCUT2D eigenvalue weighted by Gasteiger charge is 2.31. The van der Waals surface area contributed by atoms with Gasteiger partial charge in [0.25, 0.3) is 0 Å². The Morgan fingerprint density at radius 1 is 1.26 bits per heavy atom. The molecule has 2 aliphatic rings. The topological polar surface area (TPSA) is 60.4 Å². The monoisotopic (exact) mass is 381 g/mol. The van der Waals surface area contributed by atoms with Gasteiger partial charge in [0, 0.05) is 53.4 Å². The van der Waals surface area contributed by atoms with Gasteiger partial charge in [0.1, 0.15) is 6.54 Å². The first-order valence-electron chi connectivity index (χ1n) is 10.5. The number of carbonyl (C=O) groups is 1. The number of morpholine rings is 1. The van der Waals surface area contributed by atoms with Crippen LogP contribution in [-0.2, 0) is 9.53 Å². The predicted octanol–water partition coefficient (Wildman–Crippen LogP) is 1.25. The van der Waals surface area contributed by atoms with Crippen molar-refractivity contribution in [2.45, 2.75) is 39.5 Å². The van der Waals surface area contributed by atoms with Crippen LogP contribution in [0.25, 0.3) is 0 Å². The van der Waals surface area contributed by atoms with E-state index < -0.39 is 0 Å². The summed E-state index contributed by atoms with van der Waals surface area (Å²) in [5.41, 5.74) is 0.339. The van der Waals surface area contributed by atoms with Gasteiger partial charge in [0.2, 0.25) is 5.91 Å². The van der Waals surface area contributed by atoms with Crippen molar-refractivity contribution < 1.29 is 9.53 Å². The molecule has 0 aliphatic carbocycles. The first-order valence-corrected chi connectivity index (χ1v) is 10.5. The molecule has 2 saturated heterocycles. The van der Waals surface area contributed by atoms with Crippen molar-refractivity contribution in [3.8, 4) is 0 Å². The highest BCUT2D eigenvalue weighted by molar-refractivity contribution is 5.85. The molecular weight excluding hydrogens is 342 g/mol. The van der Waals surface area contributed by atoms with Gasteiger partial charge >= 0.3 is 0 Å². The van der Waals surface area contributed by atoms with Gasteiger partial charge in [-0.1, -0.05) is 20.3 Å². The van der Waals surface area contributed by atoms with Gasteiger partial charge in [-0.3, -0.25) is 9.69 Å². The number of hydrogen-bond acceptors (Lipinski definition) is 4. The van der Waals surface area contributed by atoms with E-state index in [0.29, 0.717) is 5.41 Å². The maximum atomic E-state index is 12.0. The average Bonchev–Trinajstić information content (AvgIpc) is 2.65. The number of piperidine rings is 1. The molecule has 27 heavy (non-hydrogen) atoms. The van der Waals surface area contributed by atoms with Crippen LogP contribution >= 0.6 is 0 Å². The summed E-state index contributed by atoms with van der Waals surface area (Å²) in [6.07, 6.45) is 4.90. The minimum Gasteiger partial charge on any atom is -0.379 e. The maximum absolute atomic E-state index is 12.0. The van der Waals surface area contributed by atoms with Gasteiger partial charge in [-0.2, -0.15) is 0 Å². The summed E-state index contributed by atoms with van der Waals surface area (Å²) in [6.45, 7) is 12.3. The minimum atomic E-state index is 0.0378. The zero-order chi connectivity index (χ0) is 19.7. The van der Waals surface area contributed by atoms with E-state index >= 15 is 0 Å². The number of nitrogens with one attached hydrogen (secondary N) is 1. The number of rotatable bonds is 7. The number of nitrogens with zero attached hydrogens (tertiary/aromatic N) is 4. The summed E-state index contributed by atoms with van der Waals surface area (Å²) >= 11 is 0. The molecule has 1 atom stereocenters. The lowest BCUT2D eigenvalue weighted by atomic mass is 9.78. The van der Waals surface area contributed by atoms with Crippen molar-refractivity contribution in [3.63, 3.8) is 0 Å². The Kier molecular flexibility index (Phi) is 8.83. The lowest BCUT2D eigenvalue weighted by Gasteiger charge is -2.42. The van der Waals surface area contributed by atoms with Crippen LogP contribution in [0.3, 0.4) is 0 Å². The summed E-state index contributed by atoms with van der Waals surface area (Å²) in [6, 6.07) is 0. The Hall–Kier alpha value is -1.34. The van der Waals surface area contributed by atoms with E-state index in [2.05, 4.69) is 34.0 Å². The quantitative estimate of drug-likeness (QED) is 0.531. The maximum Gasteiger partial charge on any atom is 0.243 e. The molecule has 1 amide bonds. The molecule has 2 heterocycles. The molecule has 7 nitrogen and oxygen atoms in total. The molecule has 0 saturated carbocycles. The summed E-state index contributed by atoms with van der Waals surface area (Å²) in [7, 11) is 3.56. The summed E-state index contributed by atoms with van der Waals surface area (Å²) in [4.78, 5) is 23.1. The molecule has 0 aromatic heterocycles. The predicted molar refractivity (Wildman–Crippen MR) is 110 cm³/mol. The van der Waals surface area contributed by atoms with Crippen LogP contribution in [0.4, 0.5) is 0 Å². The second-order valence-corrected chi connectivity index (χ2v) is 8.39. The molecule has 2 fully saturated rings. The normalized spacial score (nSPS) is 24.7. The molecule has 0 spiro atoms. The molecular formula is C20H39N5O2. The smallest absolute Gasteiger partial charge is 0.243 e. The van der Waals surface area contributed by atoms with Crippen molar-refractivity contribution in [1.29, 1.82) is 0 Å². The fourth-order valence-electron chi connectivity index (χ4n) is 4.01. The van der Waals surface area contributed by atoms with Crippen molar-refractivity contribution >= 4 is 11.9 Å². The second-order valence-electron chi connectivity index (χ2n) is 8.39. The van der Waals surface area contributed by atoms with Gasteiger partial charge in [-0.15, -0.1) is 0 Å². The van der Waals surface area contributed by atoms with Gasteiger partial charge in [-0.25, -0.2) is 4.99 Å². The third kappa shape index (κ3) is 7.30. The molecule has 2 aliphatic heterocycles. The van der Waals surface area contributed by atoms with E-state index in [1.54, 1.807) is 19.0 Å². The van der Waals surface area contributed by atoms with Crippen molar-refractivity contribution in [3.05, 3.63) is 0 Å². The average molecular weight is 382 g/mol. The van der Waals surface area contributed by atoms with Crippen LogP contribution in [0.2, 0.25) is 0 Å². The van der Waals surface area contributed by atoms with Crippen molar-refractivity contribution in [2.75, 3.05) is 73.1 Å². The Bertz CT molecular complexity index is 487. The van der Waals surface area contributed by atoms with Crippen LogP contribution in [0.15, 0.2) is 4.99 Å². The standard InChI is InChI=1S/C20H39N5O2/c1-5-7-20(2)8-6-10-25(17-20)19(22-16-18(26)23(3)4)21-9-11-24-12-14-27-15-13-24/h5-17H2,1-4H3,(H,21,22). The van der Waals surface area contributed by atoms with Gasteiger partial charge < -0.3 is 19.9 Å². The SMILES string of the molecule is CCCC1(C)CCCN(C(=NCC(=O)N(C)C)NCCN2CCOCC2)C1. The fraction of sp³-hybridized carbons (Fsp3) is 0.900. The highest BCUT2D eigenvalue weighted by atomic mass is 16.5. The van der Waals surface area contributed by atoms with Crippen LogP contribution in [0.5, 0.6) is 0 Å². The minimum absolute atomic E-state index is 0.0378. The second kappa shape index (κ2) is 10.9. The molecule has 2 rings (SSSR count). The Balaban J connectivity index is 1.97. The Morgan fingerprint density at radius 2 is 2.00 bits per heavy atom. The number of guanidine groups is 1. The lowest BCUT2D eigenvalue weighted by molar-refractivity contribution is -0.127. The summed E-state index contributed by atoms with van der Waals surface area (Å²) in [5.74, 6) is 0.927. The first-order chi connectivity index (χ1) is 12.9. The third-order valence-electron chi connectivity index (χ3n) is 5.61. The van der Waals surface area contributed by atoms with E-state index in [1.165, 1.54) is 25.7 Å². The zero-order valence-electron chi connectivity index (χ0n) is 17.8. The molecule has 0 bridgehead atoms. The Morgan fingerprint density at radius 3 is 2.67 bits per heavy atom. The van der Waals surface area contributed by atoms with Crippen LogP contribution < -0.4 is 5.32 Å². The summed E-state index contributed by atoms with van der Waals surface area (Å²) in [5, 5.41) is 3.53. The van der Waals surface area contributed by atoms with Gasteiger partial charge in [0.05, 0.1) is 13.2 Å². The van der Waals surface area contributed by atoms with E-state index in [1.807, 2.05) is 0 Å². The fourth-order valence-corrected chi connectivity index (χ4v) is 4.01. The highest BCUT2D eigenvalue weighted by Crippen LogP contribution is 2.33.